The zero-order valence-electron chi connectivity index (χ0n) is 10.6. The zero-order chi connectivity index (χ0) is 13.2. The van der Waals surface area contributed by atoms with Crippen molar-refractivity contribution in [3.63, 3.8) is 0 Å². The SMILES string of the molecule is CC(C)(C)OC(=O)N1CC[C@@H](N)[C@H](C(N)=O)C1. The van der Waals surface area contributed by atoms with Gasteiger partial charge in [-0.15, -0.1) is 0 Å². The molecule has 1 fully saturated rings. The standard InChI is InChI=1S/C11H21N3O3/c1-11(2,3)17-10(16)14-5-4-8(12)7(6-14)9(13)15/h7-8H,4-6,12H2,1-3H3,(H2,13,15)/t7-,8-/m1/s1. The van der Waals surface area contributed by atoms with E-state index < -0.39 is 23.5 Å². The van der Waals surface area contributed by atoms with Crippen LogP contribution in [0.2, 0.25) is 0 Å². The first-order chi connectivity index (χ1) is 7.70. The van der Waals surface area contributed by atoms with Gasteiger partial charge in [0.05, 0.1) is 5.92 Å². The Hall–Kier alpha value is -1.30. The van der Waals surface area contributed by atoms with Crippen LogP contribution < -0.4 is 11.5 Å². The van der Waals surface area contributed by atoms with Gasteiger partial charge in [0, 0.05) is 19.1 Å². The molecule has 1 aliphatic rings. The van der Waals surface area contributed by atoms with E-state index in [4.69, 9.17) is 16.2 Å². The van der Waals surface area contributed by atoms with Gasteiger partial charge in [0.1, 0.15) is 5.60 Å². The highest BCUT2D eigenvalue weighted by Gasteiger charge is 2.34. The maximum absolute atomic E-state index is 11.8. The molecule has 0 saturated carbocycles. The molecule has 1 aliphatic heterocycles. The molecule has 0 aliphatic carbocycles. The number of amides is 2. The Morgan fingerprint density at radius 1 is 1.35 bits per heavy atom. The number of carbonyl (C=O) groups is 2. The van der Waals surface area contributed by atoms with Crippen molar-refractivity contribution in [2.24, 2.45) is 17.4 Å². The highest BCUT2D eigenvalue weighted by molar-refractivity contribution is 5.79. The molecule has 0 spiro atoms. The number of likely N-dealkylation sites (tertiary alicyclic amines) is 1. The van der Waals surface area contributed by atoms with Gasteiger partial charge in [-0.05, 0) is 27.2 Å². The van der Waals surface area contributed by atoms with Crippen molar-refractivity contribution in [2.75, 3.05) is 13.1 Å². The number of hydrogen-bond donors (Lipinski definition) is 2. The lowest BCUT2D eigenvalue weighted by molar-refractivity contribution is -0.123. The lowest BCUT2D eigenvalue weighted by Gasteiger charge is -2.36. The minimum atomic E-state index is -0.543. The normalized spacial score (nSPS) is 25.5. The monoisotopic (exact) mass is 243 g/mol. The lowest BCUT2D eigenvalue weighted by atomic mass is 9.92. The van der Waals surface area contributed by atoms with Crippen molar-refractivity contribution < 1.29 is 14.3 Å². The summed E-state index contributed by atoms with van der Waals surface area (Å²) in [5, 5.41) is 0. The van der Waals surface area contributed by atoms with Gasteiger partial charge in [-0.1, -0.05) is 0 Å². The smallest absolute Gasteiger partial charge is 0.410 e. The van der Waals surface area contributed by atoms with Crippen LogP contribution in [0.5, 0.6) is 0 Å². The lowest BCUT2D eigenvalue weighted by Crippen LogP contribution is -2.54. The summed E-state index contributed by atoms with van der Waals surface area (Å²) in [7, 11) is 0. The van der Waals surface area contributed by atoms with Crippen LogP contribution in [0.1, 0.15) is 27.2 Å². The second-order valence-corrected chi connectivity index (χ2v) is 5.39. The Morgan fingerprint density at radius 3 is 2.41 bits per heavy atom. The predicted octanol–water partition coefficient (Wildman–Crippen LogP) is 0.0560. The van der Waals surface area contributed by atoms with Gasteiger partial charge in [0.25, 0.3) is 0 Å². The van der Waals surface area contributed by atoms with Crippen LogP contribution in [-0.4, -0.2) is 41.6 Å². The van der Waals surface area contributed by atoms with E-state index in [1.165, 1.54) is 4.90 Å². The number of piperidine rings is 1. The summed E-state index contributed by atoms with van der Waals surface area (Å²) in [4.78, 5) is 24.5. The Bertz CT molecular complexity index is 312. The molecule has 1 saturated heterocycles. The fourth-order valence-corrected chi connectivity index (χ4v) is 1.76. The average Bonchev–Trinajstić information content (AvgIpc) is 2.14. The van der Waals surface area contributed by atoms with Crippen molar-refractivity contribution in [2.45, 2.75) is 38.8 Å². The molecule has 6 nitrogen and oxygen atoms in total. The van der Waals surface area contributed by atoms with E-state index in [1.54, 1.807) is 20.8 Å². The number of nitrogens with zero attached hydrogens (tertiary/aromatic N) is 1. The molecule has 98 valence electrons. The molecular weight excluding hydrogens is 222 g/mol. The van der Waals surface area contributed by atoms with E-state index in [0.717, 1.165) is 0 Å². The minimum absolute atomic E-state index is 0.241. The summed E-state index contributed by atoms with van der Waals surface area (Å²) < 4.78 is 5.23. The average molecular weight is 243 g/mol. The first-order valence-electron chi connectivity index (χ1n) is 5.73. The summed E-state index contributed by atoms with van der Waals surface area (Å²) in [6, 6.07) is -0.272. The van der Waals surface area contributed by atoms with Crippen molar-refractivity contribution in [3.8, 4) is 0 Å². The summed E-state index contributed by atoms with van der Waals surface area (Å²) in [6.45, 7) is 6.13. The Morgan fingerprint density at radius 2 is 1.94 bits per heavy atom. The maximum atomic E-state index is 11.8. The number of primary amides is 1. The largest absolute Gasteiger partial charge is 0.444 e. The van der Waals surface area contributed by atoms with E-state index >= 15 is 0 Å². The van der Waals surface area contributed by atoms with E-state index in [-0.39, 0.29) is 12.6 Å². The fourth-order valence-electron chi connectivity index (χ4n) is 1.76. The highest BCUT2D eigenvalue weighted by Crippen LogP contribution is 2.18. The summed E-state index contributed by atoms with van der Waals surface area (Å²) in [5.74, 6) is -0.956. The molecule has 0 radical (unpaired) electrons. The molecule has 17 heavy (non-hydrogen) atoms. The zero-order valence-corrected chi connectivity index (χ0v) is 10.6. The number of hydrogen-bond acceptors (Lipinski definition) is 4. The topological polar surface area (TPSA) is 98.7 Å². The van der Waals surface area contributed by atoms with Crippen LogP contribution in [0.4, 0.5) is 4.79 Å². The molecule has 1 heterocycles. The van der Waals surface area contributed by atoms with Gasteiger partial charge in [-0.25, -0.2) is 4.79 Å². The first-order valence-corrected chi connectivity index (χ1v) is 5.73. The van der Waals surface area contributed by atoms with Gasteiger partial charge in [0.15, 0.2) is 0 Å². The second-order valence-electron chi connectivity index (χ2n) is 5.39. The van der Waals surface area contributed by atoms with Gasteiger partial charge < -0.3 is 21.1 Å². The van der Waals surface area contributed by atoms with Gasteiger partial charge in [-0.2, -0.15) is 0 Å². The Labute approximate surface area is 101 Å². The third kappa shape index (κ3) is 3.89. The molecule has 1 rings (SSSR count). The van der Waals surface area contributed by atoms with Crippen LogP contribution in [0.15, 0.2) is 0 Å². The molecule has 0 aromatic rings. The fraction of sp³-hybridized carbons (Fsp3) is 0.818. The van der Waals surface area contributed by atoms with Crippen LogP contribution >= 0.6 is 0 Å². The van der Waals surface area contributed by atoms with Gasteiger partial charge >= 0.3 is 6.09 Å². The number of rotatable bonds is 1. The third-order valence-corrected chi connectivity index (χ3v) is 2.68. The molecule has 0 aromatic carbocycles. The molecule has 0 aromatic heterocycles. The molecule has 4 N–H and O–H groups in total. The minimum Gasteiger partial charge on any atom is -0.444 e. The summed E-state index contributed by atoms with van der Waals surface area (Å²) in [6.07, 6.45) is 0.142. The van der Waals surface area contributed by atoms with Gasteiger partial charge in [-0.3, -0.25) is 4.79 Å². The van der Waals surface area contributed by atoms with Crippen molar-refractivity contribution in [3.05, 3.63) is 0 Å². The van der Waals surface area contributed by atoms with Crippen molar-refractivity contribution >= 4 is 12.0 Å². The van der Waals surface area contributed by atoms with E-state index in [2.05, 4.69) is 0 Å². The summed E-state index contributed by atoms with van der Waals surface area (Å²) in [5.41, 5.74) is 10.5. The van der Waals surface area contributed by atoms with Crippen molar-refractivity contribution in [1.82, 2.24) is 4.90 Å². The van der Waals surface area contributed by atoms with Crippen LogP contribution in [0, 0.1) is 5.92 Å². The number of ether oxygens (including phenoxy) is 1. The van der Waals surface area contributed by atoms with E-state index in [1.807, 2.05) is 0 Å². The van der Waals surface area contributed by atoms with Crippen molar-refractivity contribution in [1.29, 1.82) is 0 Å². The second kappa shape index (κ2) is 4.91. The van der Waals surface area contributed by atoms with E-state index in [9.17, 15) is 9.59 Å². The molecule has 2 atom stereocenters. The highest BCUT2D eigenvalue weighted by atomic mass is 16.6. The molecule has 0 bridgehead atoms. The predicted molar refractivity (Wildman–Crippen MR) is 63.1 cm³/mol. The van der Waals surface area contributed by atoms with E-state index in [0.29, 0.717) is 13.0 Å². The molecule has 6 heteroatoms. The molecule has 2 amide bonds. The Kier molecular flexibility index (Phi) is 3.98. The van der Waals surface area contributed by atoms with Gasteiger partial charge in [0.2, 0.25) is 5.91 Å². The summed E-state index contributed by atoms with van der Waals surface area (Å²) >= 11 is 0. The van der Waals surface area contributed by atoms with Crippen LogP contribution in [-0.2, 0) is 9.53 Å². The van der Waals surface area contributed by atoms with Crippen LogP contribution in [0.25, 0.3) is 0 Å². The first kappa shape index (κ1) is 13.8. The quantitative estimate of drug-likeness (QED) is 0.680. The van der Waals surface area contributed by atoms with Crippen LogP contribution in [0.3, 0.4) is 0 Å². The Balaban J connectivity index is 2.62. The maximum Gasteiger partial charge on any atom is 0.410 e. The third-order valence-electron chi connectivity index (χ3n) is 2.68. The number of nitrogens with two attached hydrogens (primary N) is 2. The molecular formula is C11H21N3O3. The molecule has 0 unspecified atom stereocenters. The number of carbonyl (C=O) groups excluding carboxylic acids is 2.